The van der Waals surface area contributed by atoms with Crippen LogP contribution in [0.1, 0.15) is 32.3 Å². The molecule has 0 saturated heterocycles. The molecule has 0 spiro atoms. The van der Waals surface area contributed by atoms with Crippen LogP contribution < -0.4 is 5.32 Å². The van der Waals surface area contributed by atoms with Gasteiger partial charge in [-0.15, -0.1) is 0 Å². The quantitative estimate of drug-likeness (QED) is 0.867. The average molecular weight is 302 g/mol. The van der Waals surface area contributed by atoms with E-state index >= 15 is 0 Å². The van der Waals surface area contributed by atoms with Crippen molar-refractivity contribution in [3.05, 3.63) is 29.8 Å². The van der Waals surface area contributed by atoms with Crippen LogP contribution in [0.25, 0.3) is 0 Å². The van der Waals surface area contributed by atoms with E-state index in [0.29, 0.717) is 0 Å². The van der Waals surface area contributed by atoms with Gasteiger partial charge in [-0.3, -0.25) is 4.79 Å². The molecule has 1 amide bonds. The van der Waals surface area contributed by atoms with Crippen molar-refractivity contribution in [2.45, 2.75) is 38.9 Å². The van der Waals surface area contributed by atoms with E-state index in [4.69, 9.17) is 0 Å². The molecule has 0 saturated carbocycles. The van der Waals surface area contributed by atoms with E-state index in [1.54, 1.807) is 11.9 Å². The first-order valence-electron chi connectivity index (χ1n) is 6.92. The highest BCUT2D eigenvalue weighted by molar-refractivity contribution is 5.80. The van der Waals surface area contributed by atoms with E-state index in [1.807, 2.05) is 13.8 Å². The summed E-state index contributed by atoms with van der Waals surface area (Å²) < 4.78 is 37.7. The summed E-state index contributed by atoms with van der Waals surface area (Å²) >= 11 is 0. The van der Waals surface area contributed by atoms with E-state index in [0.717, 1.165) is 25.0 Å². The molecule has 1 rings (SSSR count). The zero-order valence-electron chi connectivity index (χ0n) is 12.5. The molecule has 0 heterocycles. The van der Waals surface area contributed by atoms with Gasteiger partial charge in [0.15, 0.2) is 0 Å². The maximum atomic E-state index is 12.6. The number of nitrogens with one attached hydrogen (secondary N) is 1. The average Bonchev–Trinajstić information content (AvgIpc) is 2.43. The topological polar surface area (TPSA) is 32.3 Å². The van der Waals surface area contributed by atoms with Crippen molar-refractivity contribution >= 4 is 11.6 Å². The van der Waals surface area contributed by atoms with Crippen LogP contribution in [0.3, 0.4) is 0 Å². The van der Waals surface area contributed by atoms with Gasteiger partial charge in [-0.05, 0) is 31.5 Å². The van der Waals surface area contributed by atoms with Gasteiger partial charge >= 0.3 is 6.18 Å². The Morgan fingerprint density at radius 1 is 1.38 bits per heavy atom. The number of amides is 1. The number of benzene rings is 1. The molecular formula is C15H21F3N2O. The number of halogens is 3. The van der Waals surface area contributed by atoms with Crippen molar-refractivity contribution in [3.63, 3.8) is 0 Å². The van der Waals surface area contributed by atoms with Gasteiger partial charge in [-0.2, -0.15) is 13.2 Å². The highest BCUT2D eigenvalue weighted by Crippen LogP contribution is 2.30. The first-order chi connectivity index (χ1) is 9.75. The normalized spacial score (nSPS) is 12.9. The van der Waals surface area contributed by atoms with Crippen LogP contribution >= 0.6 is 0 Å². The highest BCUT2D eigenvalue weighted by atomic mass is 19.4. The lowest BCUT2D eigenvalue weighted by molar-refractivity contribution is -0.137. The molecule has 3 nitrogen and oxygen atoms in total. The molecule has 0 aliphatic carbocycles. The maximum Gasteiger partial charge on any atom is 0.416 e. The highest BCUT2D eigenvalue weighted by Gasteiger charge is 2.30. The molecule has 0 radical (unpaired) electrons. The zero-order chi connectivity index (χ0) is 16.0. The number of likely N-dealkylation sites (N-methyl/N-ethyl adjacent to an activating group) is 1. The maximum absolute atomic E-state index is 12.6. The standard InChI is InChI=1S/C15H21F3N2O/c1-4-6-11(2)20(3)14(21)10-19-13-8-5-7-12(9-13)15(16,17)18/h5,7-9,11,19H,4,6,10H2,1-3H3. The molecule has 0 aliphatic rings. The summed E-state index contributed by atoms with van der Waals surface area (Å²) in [5, 5.41) is 2.74. The summed E-state index contributed by atoms with van der Waals surface area (Å²) in [4.78, 5) is 13.6. The minimum atomic E-state index is -4.38. The molecule has 1 unspecified atom stereocenters. The van der Waals surface area contributed by atoms with Crippen LogP contribution in [0, 0.1) is 0 Å². The van der Waals surface area contributed by atoms with E-state index in [9.17, 15) is 18.0 Å². The minimum absolute atomic E-state index is 0.0220. The summed E-state index contributed by atoms with van der Waals surface area (Å²) in [5.74, 6) is -0.145. The summed E-state index contributed by atoms with van der Waals surface area (Å²) in [6.07, 6.45) is -2.51. The smallest absolute Gasteiger partial charge is 0.376 e. The molecule has 0 fully saturated rings. The second kappa shape index (κ2) is 7.33. The second-order valence-electron chi connectivity index (χ2n) is 5.07. The lowest BCUT2D eigenvalue weighted by Crippen LogP contribution is -2.38. The van der Waals surface area contributed by atoms with Crippen LogP contribution in [0.2, 0.25) is 0 Å². The molecule has 0 aromatic heterocycles. The Balaban J connectivity index is 2.61. The summed E-state index contributed by atoms with van der Waals surface area (Å²) in [7, 11) is 1.70. The number of carbonyl (C=O) groups is 1. The van der Waals surface area contributed by atoms with Crippen LogP contribution in [0.5, 0.6) is 0 Å². The number of carbonyl (C=O) groups excluding carboxylic acids is 1. The van der Waals surface area contributed by atoms with Gasteiger partial charge in [-0.25, -0.2) is 0 Å². The van der Waals surface area contributed by atoms with E-state index in [2.05, 4.69) is 5.32 Å². The Hall–Kier alpha value is -1.72. The number of nitrogens with zero attached hydrogens (tertiary/aromatic N) is 1. The van der Waals surface area contributed by atoms with Crippen LogP contribution in [-0.4, -0.2) is 30.4 Å². The van der Waals surface area contributed by atoms with Gasteiger partial charge in [0, 0.05) is 18.8 Å². The number of hydrogen-bond donors (Lipinski definition) is 1. The summed E-state index contributed by atoms with van der Waals surface area (Å²) in [6.45, 7) is 3.97. The lowest BCUT2D eigenvalue weighted by atomic mass is 10.1. The number of rotatable bonds is 6. The van der Waals surface area contributed by atoms with E-state index in [-0.39, 0.29) is 24.2 Å². The van der Waals surface area contributed by atoms with Crippen LogP contribution in [0.4, 0.5) is 18.9 Å². The van der Waals surface area contributed by atoms with Gasteiger partial charge in [0.1, 0.15) is 0 Å². The van der Waals surface area contributed by atoms with Gasteiger partial charge in [0.25, 0.3) is 0 Å². The van der Waals surface area contributed by atoms with Crippen LogP contribution in [0.15, 0.2) is 24.3 Å². The Labute approximate surface area is 123 Å². The molecule has 1 atom stereocenters. The van der Waals surface area contributed by atoms with E-state index in [1.165, 1.54) is 12.1 Å². The first kappa shape index (κ1) is 17.3. The van der Waals surface area contributed by atoms with Crippen molar-refractivity contribution in [1.82, 2.24) is 4.90 Å². The van der Waals surface area contributed by atoms with Crippen molar-refractivity contribution in [2.24, 2.45) is 0 Å². The molecule has 0 bridgehead atoms. The predicted octanol–water partition coefficient (Wildman–Crippen LogP) is 3.76. The number of hydrogen-bond acceptors (Lipinski definition) is 2. The lowest BCUT2D eigenvalue weighted by Gasteiger charge is -2.25. The largest absolute Gasteiger partial charge is 0.416 e. The molecule has 1 N–H and O–H groups in total. The summed E-state index contributed by atoms with van der Waals surface area (Å²) in [6, 6.07) is 4.95. The summed E-state index contributed by atoms with van der Waals surface area (Å²) in [5.41, 5.74) is -0.442. The van der Waals surface area contributed by atoms with Gasteiger partial charge in [0.2, 0.25) is 5.91 Å². The Kier molecular flexibility index (Phi) is 6.05. The van der Waals surface area contributed by atoms with Crippen LogP contribution in [-0.2, 0) is 11.0 Å². The van der Waals surface area contributed by atoms with Crippen molar-refractivity contribution < 1.29 is 18.0 Å². The SMILES string of the molecule is CCCC(C)N(C)C(=O)CNc1cccc(C(F)(F)F)c1. The Morgan fingerprint density at radius 2 is 2.05 bits per heavy atom. The zero-order valence-corrected chi connectivity index (χ0v) is 12.5. The molecule has 21 heavy (non-hydrogen) atoms. The third kappa shape index (κ3) is 5.28. The number of alkyl halides is 3. The molecule has 6 heteroatoms. The second-order valence-corrected chi connectivity index (χ2v) is 5.07. The molecule has 1 aromatic rings. The van der Waals surface area contributed by atoms with Gasteiger partial charge in [-0.1, -0.05) is 19.4 Å². The Morgan fingerprint density at radius 3 is 2.62 bits per heavy atom. The van der Waals surface area contributed by atoms with Crippen molar-refractivity contribution in [3.8, 4) is 0 Å². The fraction of sp³-hybridized carbons (Fsp3) is 0.533. The monoisotopic (exact) mass is 302 g/mol. The number of anilines is 1. The minimum Gasteiger partial charge on any atom is -0.376 e. The molecular weight excluding hydrogens is 281 g/mol. The van der Waals surface area contributed by atoms with Gasteiger partial charge < -0.3 is 10.2 Å². The van der Waals surface area contributed by atoms with Gasteiger partial charge in [0.05, 0.1) is 12.1 Å². The first-order valence-corrected chi connectivity index (χ1v) is 6.92. The fourth-order valence-corrected chi connectivity index (χ4v) is 1.97. The van der Waals surface area contributed by atoms with Crippen molar-refractivity contribution in [2.75, 3.05) is 18.9 Å². The molecule has 1 aromatic carbocycles. The third-order valence-electron chi connectivity index (χ3n) is 3.39. The third-order valence-corrected chi connectivity index (χ3v) is 3.39. The Bertz CT molecular complexity index is 474. The van der Waals surface area contributed by atoms with Crippen molar-refractivity contribution in [1.29, 1.82) is 0 Å². The van der Waals surface area contributed by atoms with E-state index < -0.39 is 11.7 Å². The fourth-order valence-electron chi connectivity index (χ4n) is 1.97. The molecule has 0 aliphatic heterocycles. The predicted molar refractivity (Wildman–Crippen MR) is 77.1 cm³/mol. The molecule has 118 valence electrons.